The van der Waals surface area contributed by atoms with Crippen LogP contribution in [0.5, 0.6) is 0 Å². The second-order valence-corrected chi connectivity index (χ2v) is 8.15. The number of amides is 1. The van der Waals surface area contributed by atoms with Gasteiger partial charge in [-0.05, 0) is 37.6 Å². The molecule has 0 aliphatic carbocycles. The van der Waals surface area contributed by atoms with E-state index in [9.17, 15) is 4.79 Å². The van der Waals surface area contributed by atoms with E-state index in [2.05, 4.69) is 46.6 Å². The maximum atomic E-state index is 12.4. The Kier molecular flexibility index (Phi) is 5.56. The number of hydrogen-bond donors (Lipinski definition) is 1. The lowest BCUT2D eigenvalue weighted by atomic mass is 10.1. The van der Waals surface area contributed by atoms with E-state index in [4.69, 9.17) is 11.6 Å². The molecule has 0 aliphatic heterocycles. The number of rotatable bonds is 5. The van der Waals surface area contributed by atoms with E-state index in [-0.39, 0.29) is 11.7 Å². The average molecular weight is 423 g/mol. The number of nitrogens with zero attached hydrogens (tertiary/aromatic N) is 3. The minimum Gasteiger partial charge on any atom is -0.324 e. The third kappa shape index (κ3) is 4.44. The molecule has 5 nitrogen and oxygen atoms in total. The summed E-state index contributed by atoms with van der Waals surface area (Å²) in [6.07, 6.45) is 3.50. The second-order valence-electron chi connectivity index (χ2n) is 6.78. The van der Waals surface area contributed by atoms with Gasteiger partial charge in [0.05, 0.1) is 27.7 Å². The Bertz CT molecular complexity index is 1190. The minimum atomic E-state index is -0.136. The molecule has 0 saturated heterocycles. The van der Waals surface area contributed by atoms with Crippen LogP contribution in [0.4, 0.5) is 5.69 Å². The van der Waals surface area contributed by atoms with Crippen molar-refractivity contribution in [1.29, 1.82) is 0 Å². The second kappa shape index (κ2) is 8.27. The number of aryl methyl sites for hydroxylation is 2. The average Bonchev–Trinajstić information content (AvgIpc) is 3.14. The van der Waals surface area contributed by atoms with Gasteiger partial charge in [0.1, 0.15) is 5.03 Å². The number of benzene rings is 2. The molecule has 0 spiro atoms. The van der Waals surface area contributed by atoms with Crippen LogP contribution in [-0.2, 0) is 4.79 Å². The van der Waals surface area contributed by atoms with Crippen LogP contribution in [0, 0.1) is 13.8 Å². The fourth-order valence-electron chi connectivity index (χ4n) is 2.92. The van der Waals surface area contributed by atoms with Gasteiger partial charge in [-0.1, -0.05) is 59.3 Å². The SMILES string of the molecule is Cc1ccc(-c2cc3c(SCC(=O)Nc4ccc(C)cc4Cl)nccn3n2)cc1. The Morgan fingerprint density at radius 3 is 2.62 bits per heavy atom. The van der Waals surface area contributed by atoms with E-state index in [1.54, 1.807) is 10.7 Å². The molecule has 0 aliphatic rings. The van der Waals surface area contributed by atoms with Crippen molar-refractivity contribution in [3.05, 3.63) is 77.1 Å². The molecule has 4 aromatic rings. The van der Waals surface area contributed by atoms with Crippen molar-refractivity contribution < 1.29 is 4.79 Å². The molecule has 7 heteroatoms. The van der Waals surface area contributed by atoms with Crippen LogP contribution in [0.1, 0.15) is 11.1 Å². The molecule has 0 fully saturated rings. The third-order valence-electron chi connectivity index (χ3n) is 4.44. The zero-order valence-electron chi connectivity index (χ0n) is 16.0. The molecule has 4 rings (SSSR count). The third-order valence-corrected chi connectivity index (χ3v) is 5.75. The number of carbonyl (C=O) groups is 1. The van der Waals surface area contributed by atoms with E-state index >= 15 is 0 Å². The maximum absolute atomic E-state index is 12.4. The zero-order chi connectivity index (χ0) is 20.4. The maximum Gasteiger partial charge on any atom is 0.234 e. The summed E-state index contributed by atoms with van der Waals surface area (Å²) in [5.41, 5.74) is 5.64. The topological polar surface area (TPSA) is 59.3 Å². The lowest BCUT2D eigenvalue weighted by Crippen LogP contribution is -2.14. The quantitative estimate of drug-likeness (QED) is 0.437. The fraction of sp³-hybridized carbons (Fsp3) is 0.136. The van der Waals surface area contributed by atoms with Gasteiger partial charge < -0.3 is 5.32 Å². The molecule has 0 unspecified atom stereocenters. The molecular weight excluding hydrogens is 404 g/mol. The van der Waals surface area contributed by atoms with Crippen LogP contribution < -0.4 is 5.32 Å². The smallest absolute Gasteiger partial charge is 0.234 e. The number of aromatic nitrogens is 3. The van der Waals surface area contributed by atoms with Crippen LogP contribution in [-0.4, -0.2) is 26.3 Å². The number of anilines is 1. The monoisotopic (exact) mass is 422 g/mol. The predicted octanol–water partition coefficient (Wildman–Crippen LogP) is 5.40. The van der Waals surface area contributed by atoms with E-state index in [0.717, 1.165) is 27.4 Å². The van der Waals surface area contributed by atoms with E-state index in [0.29, 0.717) is 10.7 Å². The van der Waals surface area contributed by atoms with Crippen molar-refractivity contribution in [2.24, 2.45) is 0 Å². The van der Waals surface area contributed by atoms with Gasteiger partial charge in [-0.15, -0.1) is 0 Å². The molecule has 0 atom stereocenters. The van der Waals surface area contributed by atoms with Crippen LogP contribution >= 0.6 is 23.4 Å². The molecular formula is C22H19ClN4OS. The molecule has 2 aromatic heterocycles. The highest BCUT2D eigenvalue weighted by Gasteiger charge is 2.12. The van der Waals surface area contributed by atoms with Gasteiger partial charge in [-0.25, -0.2) is 9.50 Å². The summed E-state index contributed by atoms with van der Waals surface area (Å²) < 4.78 is 1.79. The van der Waals surface area contributed by atoms with Crippen molar-refractivity contribution in [3.8, 4) is 11.3 Å². The number of hydrogen-bond acceptors (Lipinski definition) is 4. The van der Waals surface area contributed by atoms with E-state index in [1.807, 2.05) is 37.4 Å². The van der Waals surface area contributed by atoms with Gasteiger partial charge in [-0.3, -0.25) is 4.79 Å². The first-order valence-electron chi connectivity index (χ1n) is 9.10. The molecule has 29 heavy (non-hydrogen) atoms. The molecule has 0 saturated carbocycles. The predicted molar refractivity (Wildman–Crippen MR) is 119 cm³/mol. The first-order chi connectivity index (χ1) is 14.0. The summed E-state index contributed by atoms with van der Waals surface area (Å²) in [5, 5.41) is 8.77. The van der Waals surface area contributed by atoms with E-state index < -0.39 is 0 Å². The van der Waals surface area contributed by atoms with Gasteiger partial charge >= 0.3 is 0 Å². The fourth-order valence-corrected chi connectivity index (χ4v) is 3.97. The van der Waals surface area contributed by atoms with Crippen molar-refractivity contribution in [2.75, 3.05) is 11.1 Å². The zero-order valence-corrected chi connectivity index (χ0v) is 17.6. The Morgan fingerprint density at radius 2 is 1.86 bits per heavy atom. The number of fused-ring (bicyclic) bond motifs is 1. The van der Waals surface area contributed by atoms with Crippen molar-refractivity contribution in [2.45, 2.75) is 18.9 Å². The van der Waals surface area contributed by atoms with E-state index in [1.165, 1.54) is 17.3 Å². The van der Waals surface area contributed by atoms with Gasteiger partial charge in [0.15, 0.2) is 0 Å². The highest BCUT2D eigenvalue weighted by Crippen LogP contribution is 2.27. The first kappa shape index (κ1) is 19.5. The Balaban J connectivity index is 1.50. The standard InChI is InChI=1S/C22H19ClN4OS/c1-14-3-6-16(7-4-14)19-12-20-22(24-9-10-27(20)26-19)29-13-21(28)25-18-8-5-15(2)11-17(18)23/h3-12H,13H2,1-2H3,(H,25,28). The number of halogens is 1. The van der Waals surface area contributed by atoms with Crippen LogP contribution in [0.25, 0.3) is 16.8 Å². The van der Waals surface area contributed by atoms with Crippen molar-refractivity contribution >= 4 is 40.5 Å². The van der Waals surface area contributed by atoms with Crippen LogP contribution in [0.2, 0.25) is 5.02 Å². The summed E-state index contributed by atoms with van der Waals surface area (Å²) in [7, 11) is 0. The molecule has 0 bridgehead atoms. The molecule has 2 aromatic carbocycles. The van der Waals surface area contributed by atoms with Crippen LogP contribution in [0.15, 0.2) is 66.0 Å². The summed E-state index contributed by atoms with van der Waals surface area (Å²) in [6.45, 7) is 4.01. The largest absolute Gasteiger partial charge is 0.324 e. The summed E-state index contributed by atoms with van der Waals surface area (Å²) >= 11 is 7.56. The summed E-state index contributed by atoms with van der Waals surface area (Å²) in [4.78, 5) is 16.8. The highest BCUT2D eigenvalue weighted by molar-refractivity contribution is 8.00. The first-order valence-corrected chi connectivity index (χ1v) is 10.5. The van der Waals surface area contributed by atoms with Gasteiger partial charge in [-0.2, -0.15) is 5.10 Å². The summed E-state index contributed by atoms with van der Waals surface area (Å²) in [5.74, 6) is 0.0879. The Hall–Kier alpha value is -2.83. The lowest BCUT2D eigenvalue weighted by Gasteiger charge is -2.08. The van der Waals surface area contributed by atoms with Crippen molar-refractivity contribution in [3.63, 3.8) is 0 Å². The number of thioether (sulfide) groups is 1. The highest BCUT2D eigenvalue weighted by atomic mass is 35.5. The Labute approximate surface area is 178 Å². The van der Waals surface area contributed by atoms with Crippen LogP contribution in [0.3, 0.4) is 0 Å². The Morgan fingerprint density at radius 1 is 1.10 bits per heavy atom. The molecule has 1 N–H and O–H groups in total. The van der Waals surface area contributed by atoms with Crippen molar-refractivity contribution in [1.82, 2.24) is 14.6 Å². The molecule has 0 radical (unpaired) electrons. The molecule has 146 valence electrons. The van der Waals surface area contributed by atoms with Gasteiger partial charge in [0.2, 0.25) is 5.91 Å². The summed E-state index contributed by atoms with van der Waals surface area (Å²) in [6, 6.07) is 15.8. The normalized spacial score (nSPS) is 11.0. The number of nitrogens with one attached hydrogen (secondary N) is 1. The van der Waals surface area contributed by atoms with Gasteiger partial charge in [0, 0.05) is 18.0 Å². The molecule has 2 heterocycles. The number of carbonyl (C=O) groups excluding carboxylic acids is 1. The molecule has 1 amide bonds. The lowest BCUT2D eigenvalue weighted by molar-refractivity contribution is -0.113. The minimum absolute atomic E-state index is 0.136. The van der Waals surface area contributed by atoms with Gasteiger partial charge in [0.25, 0.3) is 0 Å².